The molecule has 2 aliphatic carbocycles. The zero-order valence-corrected chi connectivity index (χ0v) is 11.7. The number of aliphatic imine (C=N–C) groups is 1. The minimum Gasteiger partial charge on any atom is -0.490 e. The molecule has 3 nitrogen and oxygen atoms in total. The van der Waals surface area contributed by atoms with Crippen molar-refractivity contribution in [2.45, 2.75) is 44.1 Å². The van der Waals surface area contributed by atoms with Crippen LogP contribution in [0.3, 0.4) is 0 Å². The second kappa shape index (κ2) is 5.57. The van der Waals surface area contributed by atoms with E-state index < -0.39 is 17.2 Å². The molecule has 0 radical (unpaired) electrons. The zero-order chi connectivity index (χ0) is 14.9. The Balaban J connectivity index is 2.03. The van der Waals surface area contributed by atoms with Crippen LogP contribution < -0.4 is 4.74 Å². The molecule has 0 bridgehead atoms. The van der Waals surface area contributed by atoms with Crippen molar-refractivity contribution in [3.8, 4) is 5.75 Å². The van der Waals surface area contributed by atoms with Crippen molar-refractivity contribution in [2.75, 3.05) is 6.61 Å². The van der Waals surface area contributed by atoms with E-state index in [1.165, 1.54) is 6.07 Å². The van der Waals surface area contributed by atoms with Crippen molar-refractivity contribution in [2.24, 2.45) is 10.9 Å². The minimum atomic E-state index is -0.885. The van der Waals surface area contributed by atoms with Crippen LogP contribution >= 0.6 is 0 Å². The van der Waals surface area contributed by atoms with Gasteiger partial charge in [-0.15, -0.1) is 0 Å². The molecule has 2 fully saturated rings. The van der Waals surface area contributed by atoms with Crippen molar-refractivity contribution < 1.29 is 18.3 Å². The van der Waals surface area contributed by atoms with E-state index in [1.807, 2.05) is 0 Å². The number of ether oxygens (including phenoxy) is 1. The Kier molecular flexibility index (Phi) is 3.77. The fraction of sp³-hybridized carbons (Fsp3) is 0.562. The number of benzene rings is 1. The predicted molar refractivity (Wildman–Crippen MR) is 72.8 cm³/mol. The van der Waals surface area contributed by atoms with Gasteiger partial charge in [-0.2, -0.15) is 4.99 Å². The lowest BCUT2D eigenvalue weighted by Crippen LogP contribution is -2.21. The molecule has 112 valence electrons. The van der Waals surface area contributed by atoms with Crippen LogP contribution in [-0.2, 0) is 10.3 Å². The quantitative estimate of drug-likeness (QED) is 0.611. The zero-order valence-electron chi connectivity index (χ0n) is 11.7. The van der Waals surface area contributed by atoms with Crippen LogP contribution in [0.1, 0.15) is 44.1 Å². The van der Waals surface area contributed by atoms with Crippen LogP contribution in [0.4, 0.5) is 8.78 Å². The Bertz CT molecular complexity index is 586. The van der Waals surface area contributed by atoms with Gasteiger partial charge in [-0.25, -0.2) is 13.6 Å². The maximum absolute atomic E-state index is 14.1. The normalized spacial score (nSPS) is 20.1. The molecule has 0 spiro atoms. The number of isocyanates is 1. The van der Waals surface area contributed by atoms with E-state index in [0.29, 0.717) is 30.9 Å². The van der Waals surface area contributed by atoms with Crippen LogP contribution in [0, 0.1) is 17.6 Å². The molecule has 0 N–H and O–H groups in total. The van der Waals surface area contributed by atoms with Gasteiger partial charge in [-0.1, -0.05) is 12.8 Å². The number of nitrogens with zero attached hydrogens (tertiary/aromatic N) is 1. The minimum absolute atomic E-state index is 0.0456. The lowest BCUT2D eigenvalue weighted by Gasteiger charge is -2.26. The number of carbonyl (C=O) groups excluding carboxylic acids is 1. The molecule has 1 aromatic carbocycles. The van der Waals surface area contributed by atoms with Crippen molar-refractivity contribution in [3.63, 3.8) is 0 Å². The summed E-state index contributed by atoms with van der Waals surface area (Å²) < 4.78 is 33.4. The summed E-state index contributed by atoms with van der Waals surface area (Å²) in [6.45, 7) is 0.427. The van der Waals surface area contributed by atoms with Crippen LogP contribution in [0.25, 0.3) is 0 Å². The summed E-state index contributed by atoms with van der Waals surface area (Å²) in [5.74, 6) is -0.896. The van der Waals surface area contributed by atoms with Crippen LogP contribution in [0.5, 0.6) is 5.75 Å². The van der Waals surface area contributed by atoms with E-state index in [9.17, 15) is 13.6 Å². The standard InChI is InChI=1S/C16H17F2NO2/c17-12-7-13(16(19-10-20)5-1-2-6-16)15(14(18)8-12)21-9-11-3-4-11/h7-8,11H,1-6,9H2. The second-order valence-corrected chi connectivity index (χ2v) is 5.96. The molecule has 0 atom stereocenters. The van der Waals surface area contributed by atoms with E-state index in [1.54, 1.807) is 6.08 Å². The molecule has 5 heteroatoms. The Morgan fingerprint density at radius 3 is 2.62 bits per heavy atom. The molecule has 1 aromatic rings. The number of hydrogen-bond donors (Lipinski definition) is 0. The van der Waals surface area contributed by atoms with Gasteiger partial charge in [0, 0.05) is 11.6 Å². The first-order valence-electron chi connectivity index (χ1n) is 7.36. The Hall–Kier alpha value is -1.74. The van der Waals surface area contributed by atoms with Crippen molar-refractivity contribution >= 4 is 6.08 Å². The van der Waals surface area contributed by atoms with Gasteiger partial charge < -0.3 is 4.74 Å². The molecule has 0 aliphatic heterocycles. The first-order valence-corrected chi connectivity index (χ1v) is 7.36. The first-order chi connectivity index (χ1) is 10.1. The highest BCUT2D eigenvalue weighted by Gasteiger charge is 2.40. The summed E-state index contributed by atoms with van der Waals surface area (Å²) >= 11 is 0. The SMILES string of the molecule is O=C=NC1(c2cc(F)cc(F)c2OCC2CC2)CCCC1. The second-order valence-electron chi connectivity index (χ2n) is 5.96. The summed E-state index contributed by atoms with van der Waals surface area (Å²) in [4.78, 5) is 14.7. The average Bonchev–Trinajstić information content (AvgIpc) is 3.15. The molecule has 0 amide bonds. The fourth-order valence-electron chi connectivity index (χ4n) is 3.03. The third kappa shape index (κ3) is 2.84. The lowest BCUT2D eigenvalue weighted by atomic mass is 9.88. The van der Waals surface area contributed by atoms with E-state index in [2.05, 4.69) is 4.99 Å². The maximum Gasteiger partial charge on any atom is 0.235 e. The van der Waals surface area contributed by atoms with Gasteiger partial charge in [0.15, 0.2) is 11.6 Å². The van der Waals surface area contributed by atoms with Gasteiger partial charge in [0.05, 0.1) is 6.61 Å². The topological polar surface area (TPSA) is 38.7 Å². The molecule has 0 unspecified atom stereocenters. The number of rotatable bonds is 5. The Labute approximate surface area is 122 Å². The number of hydrogen-bond acceptors (Lipinski definition) is 3. The Morgan fingerprint density at radius 1 is 1.29 bits per heavy atom. The van der Waals surface area contributed by atoms with E-state index >= 15 is 0 Å². The monoisotopic (exact) mass is 293 g/mol. The molecule has 2 aliphatic rings. The predicted octanol–water partition coefficient (Wildman–Crippen LogP) is 3.86. The Morgan fingerprint density at radius 2 is 2.00 bits per heavy atom. The fourth-order valence-corrected chi connectivity index (χ4v) is 3.03. The molecular formula is C16H17F2NO2. The van der Waals surface area contributed by atoms with Crippen LogP contribution in [0.15, 0.2) is 17.1 Å². The van der Waals surface area contributed by atoms with E-state index in [4.69, 9.17) is 4.74 Å². The summed E-state index contributed by atoms with van der Waals surface area (Å²) in [5, 5.41) is 0. The van der Waals surface area contributed by atoms with Crippen LogP contribution in [-0.4, -0.2) is 12.7 Å². The van der Waals surface area contributed by atoms with Gasteiger partial charge in [0.2, 0.25) is 6.08 Å². The molecule has 0 saturated heterocycles. The summed E-state index contributed by atoms with van der Waals surface area (Å²) in [6, 6.07) is 2.07. The molecule has 3 rings (SSSR count). The lowest BCUT2D eigenvalue weighted by molar-refractivity contribution is 0.272. The average molecular weight is 293 g/mol. The molecule has 0 heterocycles. The highest BCUT2D eigenvalue weighted by atomic mass is 19.1. The van der Waals surface area contributed by atoms with Crippen molar-refractivity contribution in [1.82, 2.24) is 0 Å². The van der Waals surface area contributed by atoms with Crippen molar-refractivity contribution in [3.05, 3.63) is 29.3 Å². The molecule has 21 heavy (non-hydrogen) atoms. The van der Waals surface area contributed by atoms with Gasteiger partial charge in [0.1, 0.15) is 11.4 Å². The molecule has 0 aromatic heterocycles. The highest BCUT2D eigenvalue weighted by molar-refractivity contribution is 5.45. The summed E-state index contributed by atoms with van der Waals surface area (Å²) in [5.41, 5.74) is -0.537. The van der Waals surface area contributed by atoms with Crippen molar-refractivity contribution in [1.29, 1.82) is 0 Å². The van der Waals surface area contributed by atoms with Gasteiger partial charge in [0.25, 0.3) is 0 Å². The maximum atomic E-state index is 14.1. The van der Waals surface area contributed by atoms with E-state index in [0.717, 1.165) is 31.7 Å². The third-order valence-electron chi connectivity index (χ3n) is 4.36. The smallest absolute Gasteiger partial charge is 0.235 e. The first kappa shape index (κ1) is 14.2. The number of halogens is 2. The largest absolute Gasteiger partial charge is 0.490 e. The molecule has 2 saturated carbocycles. The summed E-state index contributed by atoms with van der Waals surface area (Å²) in [6.07, 6.45) is 6.63. The van der Waals surface area contributed by atoms with Gasteiger partial charge in [-0.3, -0.25) is 0 Å². The van der Waals surface area contributed by atoms with Crippen LogP contribution in [0.2, 0.25) is 0 Å². The van der Waals surface area contributed by atoms with Gasteiger partial charge in [-0.05, 0) is 37.7 Å². The third-order valence-corrected chi connectivity index (χ3v) is 4.36. The summed E-state index contributed by atoms with van der Waals surface area (Å²) in [7, 11) is 0. The highest BCUT2D eigenvalue weighted by Crippen LogP contribution is 2.47. The molecular weight excluding hydrogens is 276 g/mol. The van der Waals surface area contributed by atoms with Gasteiger partial charge >= 0.3 is 0 Å². The van der Waals surface area contributed by atoms with E-state index in [-0.39, 0.29) is 5.75 Å².